The van der Waals surface area contributed by atoms with E-state index >= 15 is 0 Å². The van der Waals surface area contributed by atoms with Crippen LogP contribution < -0.4 is 5.73 Å². The minimum atomic E-state index is -0.396. The number of H-pyrrole nitrogens is 1. The van der Waals surface area contributed by atoms with Gasteiger partial charge in [-0.15, -0.1) is 0 Å². The highest BCUT2D eigenvalue weighted by Crippen LogP contribution is 2.27. The summed E-state index contributed by atoms with van der Waals surface area (Å²) in [5, 5.41) is 0. The number of rotatable bonds is 3. The van der Waals surface area contributed by atoms with Crippen molar-refractivity contribution < 1.29 is 9.53 Å². The summed E-state index contributed by atoms with van der Waals surface area (Å²) in [6.07, 6.45) is 0. The average molecular weight is 258 g/mol. The van der Waals surface area contributed by atoms with Crippen LogP contribution in [0.3, 0.4) is 0 Å². The molecule has 0 saturated carbocycles. The molecule has 1 aromatic heterocycles. The summed E-state index contributed by atoms with van der Waals surface area (Å²) in [7, 11) is 0. The van der Waals surface area contributed by atoms with Crippen molar-refractivity contribution in [1.29, 1.82) is 0 Å². The normalized spacial score (nSPS) is 10.5. The summed E-state index contributed by atoms with van der Waals surface area (Å²) >= 11 is 0. The maximum atomic E-state index is 11.7. The third kappa shape index (κ3) is 2.62. The summed E-state index contributed by atoms with van der Waals surface area (Å²) in [6.45, 7) is 6.16. The fourth-order valence-electron chi connectivity index (χ4n) is 2.02. The van der Waals surface area contributed by atoms with Crippen LogP contribution in [0.5, 0.6) is 0 Å². The third-order valence-corrected chi connectivity index (χ3v) is 3.03. The van der Waals surface area contributed by atoms with Crippen molar-refractivity contribution in [3.05, 3.63) is 41.0 Å². The van der Waals surface area contributed by atoms with Crippen LogP contribution in [0.1, 0.15) is 28.4 Å². The Balaban J connectivity index is 2.44. The molecule has 4 nitrogen and oxygen atoms in total. The van der Waals surface area contributed by atoms with E-state index in [9.17, 15) is 4.79 Å². The molecule has 3 N–H and O–H groups in total. The summed E-state index contributed by atoms with van der Waals surface area (Å²) in [4.78, 5) is 14.8. The van der Waals surface area contributed by atoms with Gasteiger partial charge in [0.2, 0.25) is 0 Å². The molecule has 4 heteroatoms. The molecule has 0 bridgehead atoms. The maximum Gasteiger partial charge on any atom is 0.341 e. The number of nitrogens with one attached hydrogen (secondary N) is 1. The van der Waals surface area contributed by atoms with E-state index in [1.807, 2.05) is 19.9 Å². The van der Waals surface area contributed by atoms with Gasteiger partial charge < -0.3 is 15.5 Å². The lowest BCUT2D eigenvalue weighted by Crippen LogP contribution is -2.05. The van der Waals surface area contributed by atoms with E-state index in [1.165, 1.54) is 0 Å². The zero-order valence-corrected chi connectivity index (χ0v) is 11.4. The SMILES string of the molecule is CCOC(=O)c1cc(-c2cc(C)ccc2C)[nH]c1N. The quantitative estimate of drug-likeness (QED) is 0.831. The second-order valence-corrected chi connectivity index (χ2v) is 4.55. The number of aryl methyl sites for hydroxylation is 2. The second kappa shape index (κ2) is 5.18. The molecule has 1 aromatic carbocycles. The van der Waals surface area contributed by atoms with Gasteiger partial charge in [0.05, 0.1) is 6.61 Å². The van der Waals surface area contributed by atoms with Crippen LogP contribution in [0, 0.1) is 13.8 Å². The lowest BCUT2D eigenvalue weighted by molar-refractivity contribution is 0.0528. The standard InChI is InChI=1S/C15H18N2O2/c1-4-19-15(18)12-8-13(17-14(12)16)11-7-9(2)5-6-10(11)3/h5-8,17H,4,16H2,1-3H3. The number of esters is 1. The fourth-order valence-corrected chi connectivity index (χ4v) is 2.02. The maximum absolute atomic E-state index is 11.7. The monoisotopic (exact) mass is 258 g/mol. The number of hydrogen-bond acceptors (Lipinski definition) is 3. The molecule has 19 heavy (non-hydrogen) atoms. The molecule has 0 aliphatic heterocycles. The highest BCUT2D eigenvalue weighted by molar-refractivity contribution is 5.96. The van der Waals surface area contributed by atoms with Crippen molar-refractivity contribution in [2.24, 2.45) is 0 Å². The van der Waals surface area contributed by atoms with Crippen LogP contribution in [0.15, 0.2) is 24.3 Å². The molecule has 1 heterocycles. The van der Waals surface area contributed by atoms with E-state index in [-0.39, 0.29) is 0 Å². The number of carbonyl (C=O) groups is 1. The molecular formula is C15H18N2O2. The molecule has 2 aromatic rings. The van der Waals surface area contributed by atoms with Gasteiger partial charge in [0.1, 0.15) is 11.4 Å². The number of nitrogens with two attached hydrogens (primary N) is 1. The van der Waals surface area contributed by atoms with Gasteiger partial charge in [-0.3, -0.25) is 0 Å². The van der Waals surface area contributed by atoms with Gasteiger partial charge in [0.25, 0.3) is 0 Å². The average Bonchev–Trinajstić information content (AvgIpc) is 2.74. The van der Waals surface area contributed by atoms with Crippen molar-refractivity contribution in [2.75, 3.05) is 12.3 Å². The van der Waals surface area contributed by atoms with Gasteiger partial charge in [-0.1, -0.05) is 17.7 Å². The van der Waals surface area contributed by atoms with Crippen molar-refractivity contribution in [1.82, 2.24) is 4.98 Å². The van der Waals surface area contributed by atoms with Crippen LogP contribution in [0.25, 0.3) is 11.3 Å². The van der Waals surface area contributed by atoms with Gasteiger partial charge >= 0.3 is 5.97 Å². The molecule has 100 valence electrons. The summed E-state index contributed by atoms with van der Waals surface area (Å²) in [5.41, 5.74) is 10.4. The first-order valence-electron chi connectivity index (χ1n) is 6.26. The predicted molar refractivity (Wildman–Crippen MR) is 76.1 cm³/mol. The summed E-state index contributed by atoms with van der Waals surface area (Å²) in [5.74, 6) is -0.0536. The van der Waals surface area contributed by atoms with E-state index in [0.717, 1.165) is 22.4 Å². The van der Waals surface area contributed by atoms with Crippen molar-refractivity contribution in [2.45, 2.75) is 20.8 Å². The lowest BCUT2D eigenvalue weighted by Gasteiger charge is -2.04. The summed E-state index contributed by atoms with van der Waals surface area (Å²) in [6, 6.07) is 7.91. The minimum absolute atomic E-state index is 0.336. The molecule has 0 fully saturated rings. The van der Waals surface area contributed by atoms with Crippen LogP contribution in [-0.4, -0.2) is 17.6 Å². The Morgan fingerprint density at radius 1 is 1.32 bits per heavy atom. The topological polar surface area (TPSA) is 68.1 Å². The van der Waals surface area contributed by atoms with Crippen LogP contribution in [-0.2, 0) is 4.74 Å². The molecule has 0 spiro atoms. The Labute approximate surface area is 112 Å². The predicted octanol–water partition coefficient (Wildman–Crippen LogP) is 3.06. The molecule has 0 atom stereocenters. The van der Waals surface area contributed by atoms with E-state index in [1.54, 1.807) is 13.0 Å². The van der Waals surface area contributed by atoms with E-state index in [0.29, 0.717) is 18.0 Å². The molecule has 0 radical (unpaired) electrons. The first kappa shape index (κ1) is 13.2. The van der Waals surface area contributed by atoms with Crippen LogP contribution >= 0.6 is 0 Å². The molecule has 0 saturated heterocycles. The Morgan fingerprint density at radius 2 is 2.05 bits per heavy atom. The number of aromatic amines is 1. The van der Waals surface area contributed by atoms with E-state index in [4.69, 9.17) is 10.5 Å². The number of carbonyl (C=O) groups excluding carboxylic acids is 1. The van der Waals surface area contributed by atoms with Crippen LogP contribution in [0.2, 0.25) is 0 Å². The Kier molecular flexibility index (Phi) is 3.60. The third-order valence-electron chi connectivity index (χ3n) is 3.03. The van der Waals surface area contributed by atoms with Gasteiger partial charge in [-0.2, -0.15) is 0 Å². The van der Waals surface area contributed by atoms with E-state index < -0.39 is 5.97 Å². The molecule has 0 aliphatic carbocycles. The molecule has 0 amide bonds. The van der Waals surface area contributed by atoms with Gasteiger partial charge in [-0.05, 0) is 38.5 Å². The Morgan fingerprint density at radius 3 is 2.74 bits per heavy atom. The molecular weight excluding hydrogens is 240 g/mol. The molecule has 0 aliphatic rings. The largest absolute Gasteiger partial charge is 0.462 e. The number of aromatic nitrogens is 1. The minimum Gasteiger partial charge on any atom is -0.462 e. The van der Waals surface area contributed by atoms with Gasteiger partial charge in [0.15, 0.2) is 0 Å². The molecule has 0 unspecified atom stereocenters. The number of anilines is 1. The van der Waals surface area contributed by atoms with Gasteiger partial charge in [0, 0.05) is 11.3 Å². The van der Waals surface area contributed by atoms with Crippen LogP contribution in [0.4, 0.5) is 5.82 Å². The Bertz CT molecular complexity index is 615. The number of benzene rings is 1. The van der Waals surface area contributed by atoms with Gasteiger partial charge in [-0.25, -0.2) is 4.79 Å². The molecule has 2 rings (SSSR count). The first-order chi connectivity index (χ1) is 9.02. The highest BCUT2D eigenvalue weighted by Gasteiger charge is 2.16. The van der Waals surface area contributed by atoms with Crippen molar-refractivity contribution >= 4 is 11.8 Å². The van der Waals surface area contributed by atoms with E-state index in [2.05, 4.69) is 17.1 Å². The zero-order chi connectivity index (χ0) is 14.0. The smallest absolute Gasteiger partial charge is 0.341 e. The fraction of sp³-hybridized carbons (Fsp3) is 0.267. The number of nitrogen functional groups attached to an aromatic ring is 1. The number of ether oxygens (including phenoxy) is 1. The number of hydrogen-bond donors (Lipinski definition) is 2. The lowest BCUT2D eigenvalue weighted by atomic mass is 10.0. The second-order valence-electron chi connectivity index (χ2n) is 4.55. The van der Waals surface area contributed by atoms with Crippen molar-refractivity contribution in [3.63, 3.8) is 0 Å². The zero-order valence-electron chi connectivity index (χ0n) is 11.4. The highest BCUT2D eigenvalue weighted by atomic mass is 16.5. The Hall–Kier alpha value is -2.23. The first-order valence-corrected chi connectivity index (χ1v) is 6.26. The van der Waals surface area contributed by atoms with Crippen molar-refractivity contribution in [3.8, 4) is 11.3 Å². The summed E-state index contributed by atoms with van der Waals surface area (Å²) < 4.78 is 4.97.